The predicted octanol–water partition coefficient (Wildman–Crippen LogP) is 3.78. The lowest BCUT2D eigenvalue weighted by Gasteiger charge is -2.29. The lowest BCUT2D eigenvalue weighted by molar-refractivity contribution is 0.0917. The van der Waals surface area contributed by atoms with Gasteiger partial charge in [0.05, 0.1) is 5.69 Å². The average Bonchev–Trinajstić information content (AvgIpc) is 3.52. The second kappa shape index (κ2) is 9.95. The van der Waals surface area contributed by atoms with Crippen LogP contribution in [0.4, 0.5) is 0 Å². The van der Waals surface area contributed by atoms with Crippen LogP contribution in [0.25, 0.3) is 16.9 Å². The lowest BCUT2D eigenvalue weighted by atomic mass is 9.90. The SMILES string of the molecule is Cc1cc(-c2n[nH]c(C(=O)NC3CCC(NCc4cccnc4)CC3)c2C(C)C)cn2ncnc12. The number of nitrogens with zero attached hydrogens (tertiary/aromatic N) is 5. The van der Waals surface area contributed by atoms with Crippen molar-refractivity contribution in [3.05, 3.63) is 65.5 Å². The molecule has 0 spiro atoms. The van der Waals surface area contributed by atoms with Gasteiger partial charge in [-0.1, -0.05) is 19.9 Å². The number of carbonyl (C=O) groups excluding carboxylic acids is 1. The van der Waals surface area contributed by atoms with E-state index in [1.165, 1.54) is 5.56 Å². The summed E-state index contributed by atoms with van der Waals surface area (Å²) in [6.45, 7) is 7.01. The number of aryl methyl sites for hydroxylation is 1. The minimum absolute atomic E-state index is 0.0854. The molecule has 0 saturated heterocycles. The number of aromatic nitrogens is 6. The highest BCUT2D eigenvalue weighted by Gasteiger charge is 2.27. The van der Waals surface area contributed by atoms with Crippen molar-refractivity contribution in [2.45, 2.75) is 71.0 Å². The second-order valence-electron chi connectivity index (χ2n) is 9.72. The van der Waals surface area contributed by atoms with Crippen LogP contribution in [-0.2, 0) is 6.54 Å². The smallest absolute Gasteiger partial charge is 0.269 e. The molecule has 9 nitrogen and oxygen atoms in total. The van der Waals surface area contributed by atoms with E-state index in [4.69, 9.17) is 0 Å². The molecule has 5 rings (SSSR count). The van der Waals surface area contributed by atoms with Crippen molar-refractivity contribution in [1.29, 1.82) is 0 Å². The number of fused-ring (bicyclic) bond motifs is 1. The first kappa shape index (κ1) is 23.2. The summed E-state index contributed by atoms with van der Waals surface area (Å²) in [5.41, 5.74) is 6.19. The van der Waals surface area contributed by atoms with Crippen LogP contribution >= 0.6 is 0 Å². The van der Waals surface area contributed by atoms with E-state index in [1.54, 1.807) is 17.0 Å². The molecule has 1 amide bonds. The van der Waals surface area contributed by atoms with E-state index < -0.39 is 0 Å². The van der Waals surface area contributed by atoms with E-state index in [9.17, 15) is 4.79 Å². The summed E-state index contributed by atoms with van der Waals surface area (Å²) < 4.78 is 1.75. The normalized spacial score (nSPS) is 18.3. The minimum atomic E-state index is -0.0854. The van der Waals surface area contributed by atoms with Gasteiger partial charge in [0.1, 0.15) is 12.0 Å². The van der Waals surface area contributed by atoms with Gasteiger partial charge < -0.3 is 10.6 Å². The van der Waals surface area contributed by atoms with E-state index in [0.717, 1.165) is 60.3 Å². The van der Waals surface area contributed by atoms with Crippen molar-refractivity contribution in [2.24, 2.45) is 0 Å². The van der Waals surface area contributed by atoms with E-state index >= 15 is 0 Å². The highest BCUT2D eigenvalue weighted by atomic mass is 16.2. The fraction of sp³-hybridized carbons (Fsp3) is 0.423. The predicted molar refractivity (Wildman–Crippen MR) is 134 cm³/mol. The third-order valence-corrected chi connectivity index (χ3v) is 6.82. The first-order chi connectivity index (χ1) is 17.0. The van der Waals surface area contributed by atoms with Crippen molar-refractivity contribution in [3.63, 3.8) is 0 Å². The van der Waals surface area contributed by atoms with E-state index in [-0.39, 0.29) is 17.9 Å². The zero-order valence-corrected chi connectivity index (χ0v) is 20.5. The molecular formula is C26H32N8O. The Balaban J connectivity index is 1.25. The Morgan fingerprint density at radius 3 is 2.77 bits per heavy atom. The Morgan fingerprint density at radius 1 is 1.23 bits per heavy atom. The molecule has 1 saturated carbocycles. The maximum Gasteiger partial charge on any atom is 0.269 e. The Bertz CT molecular complexity index is 1300. The van der Waals surface area contributed by atoms with Crippen LogP contribution in [0.1, 0.15) is 72.6 Å². The lowest BCUT2D eigenvalue weighted by Crippen LogP contribution is -2.42. The summed E-state index contributed by atoms with van der Waals surface area (Å²) in [5.74, 6) is 0.0430. The first-order valence-corrected chi connectivity index (χ1v) is 12.3. The minimum Gasteiger partial charge on any atom is -0.348 e. The number of amides is 1. The number of rotatable bonds is 7. The van der Waals surface area contributed by atoms with Gasteiger partial charge in [-0.3, -0.25) is 14.9 Å². The average molecular weight is 473 g/mol. The number of hydrogen-bond donors (Lipinski definition) is 3. The molecule has 3 N–H and O–H groups in total. The summed E-state index contributed by atoms with van der Waals surface area (Å²) in [6.07, 6.45) is 11.1. The monoisotopic (exact) mass is 472 g/mol. The Labute approximate surface area is 204 Å². The Hall–Kier alpha value is -3.59. The highest BCUT2D eigenvalue weighted by molar-refractivity contribution is 5.96. The third-order valence-electron chi connectivity index (χ3n) is 6.82. The zero-order valence-electron chi connectivity index (χ0n) is 20.5. The number of carbonyl (C=O) groups is 1. The van der Waals surface area contributed by atoms with Crippen LogP contribution in [0.3, 0.4) is 0 Å². The van der Waals surface area contributed by atoms with E-state index in [0.29, 0.717) is 11.7 Å². The maximum absolute atomic E-state index is 13.3. The van der Waals surface area contributed by atoms with Crippen LogP contribution < -0.4 is 10.6 Å². The van der Waals surface area contributed by atoms with Crippen molar-refractivity contribution >= 4 is 11.6 Å². The molecule has 0 aliphatic heterocycles. The molecule has 4 aromatic heterocycles. The third kappa shape index (κ3) is 4.95. The molecule has 1 aliphatic carbocycles. The number of pyridine rings is 2. The summed E-state index contributed by atoms with van der Waals surface area (Å²) in [6, 6.07) is 6.72. The number of aromatic amines is 1. The van der Waals surface area contributed by atoms with Crippen molar-refractivity contribution in [1.82, 2.24) is 40.4 Å². The molecule has 0 aromatic carbocycles. The van der Waals surface area contributed by atoms with Gasteiger partial charge in [-0.2, -0.15) is 10.2 Å². The van der Waals surface area contributed by atoms with Gasteiger partial charge in [0.25, 0.3) is 5.91 Å². The van der Waals surface area contributed by atoms with Gasteiger partial charge >= 0.3 is 0 Å². The molecule has 182 valence electrons. The fourth-order valence-corrected chi connectivity index (χ4v) is 4.99. The summed E-state index contributed by atoms with van der Waals surface area (Å²) in [7, 11) is 0. The molecule has 9 heteroatoms. The van der Waals surface area contributed by atoms with Crippen LogP contribution in [0.15, 0.2) is 43.1 Å². The van der Waals surface area contributed by atoms with Crippen molar-refractivity contribution in [3.8, 4) is 11.3 Å². The van der Waals surface area contributed by atoms with Crippen LogP contribution in [0.2, 0.25) is 0 Å². The number of H-pyrrole nitrogens is 1. The summed E-state index contributed by atoms with van der Waals surface area (Å²) in [4.78, 5) is 21.7. The van der Waals surface area contributed by atoms with Crippen LogP contribution in [-0.4, -0.2) is 47.8 Å². The number of hydrogen-bond acceptors (Lipinski definition) is 6. The molecule has 1 fully saturated rings. The van der Waals surface area contributed by atoms with Gasteiger partial charge in [0, 0.05) is 48.3 Å². The fourth-order valence-electron chi connectivity index (χ4n) is 4.99. The van der Waals surface area contributed by atoms with Gasteiger partial charge in [-0.05, 0) is 61.8 Å². The van der Waals surface area contributed by atoms with E-state index in [2.05, 4.69) is 55.8 Å². The largest absolute Gasteiger partial charge is 0.348 e. The summed E-state index contributed by atoms with van der Waals surface area (Å²) >= 11 is 0. The molecule has 4 heterocycles. The highest BCUT2D eigenvalue weighted by Crippen LogP contribution is 2.31. The van der Waals surface area contributed by atoms with E-state index in [1.807, 2.05) is 31.5 Å². The molecule has 0 atom stereocenters. The van der Waals surface area contributed by atoms with Gasteiger partial charge in [0.2, 0.25) is 0 Å². The van der Waals surface area contributed by atoms with Gasteiger partial charge in [-0.25, -0.2) is 9.50 Å². The quantitative estimate of drug-likeness (QED) is 0.377. The van der Waals surface area contributed by atoms with Crippen molar-refractivity contribution < 1.29 is 4.79 Å². The standard InChI is InChI=1S/C26H32N8O/c1-16(2)22-23(19-11-17(3)25-29-15-30-34(25)14-19)32-33-24(22)26(35)31-21-8-6-20(7-9-21)28-13-18-5-4-10-27-12-18/h4-5,10-12,14-16,20-21,28H,6-9,13H2,1-3H3,(H,31,35)(H,32,33). The Morgan fingerprint density at radius 2 is 2.03 bits per heavy atom. The van der Waals surface area contributed by atoms with Crippen LogP contribution in [0, 0.1) is 6.92 Å². The molecule has 0 unspecified atom stereocenters. The first-order valence-electron chi connectivity index (χ1n) is 12.3. The summed E-state index contributed by atoms with van der Waals surface area (Å²) in [5, 5.41) is 18.7. The Kier molecular flexibility index (Phi) is 6.59. The van der Waals surface area contributed by atoms with Crippen LogP contribution in [0.5, 0.6) is 0 Å². The zero-order chi connectivity index (χ0) is 24.4. The van der Waals surface area contributed by atoms with Crippen molar-refractivity contribution in [2.75, 3.05) is 0 Å². The molecule has 1 aliphatic rings. The number of nitrogens with one attached hydrogen (secondary N) is 3. The maximum atomic E-state index is 13.3. The van der Waals surface area contributed by atoms with Gasteiger partial charge in [0.15, 0.2) is 5.65 Å². The molecular weight excluding hydrogens is 440 g/mol. The molecule has 0 radical (unpaired) electrons. The second-order valence-corrected chi connectivity index (χ2v) is 9.72. The molecule has 35 heavy (non-hydrogen) atoms. The molecule has 0 bridgehead atoms. The molecule has 4 aromatic rings. The topological polar surface area (TPSA) is 113 Å². The van der Waals surface area contributed by atoms with Gasteiger partial charge in [-0.15, -0.1) is 0 Å².